The van der Waals surface area contributed by atoms with Crippen molar-refractivity contribution in [3.8, 4) is 5.88 Å². The molecule has 1 aromatic rings. The highest BCUT2D eigenvalue weighted by Gasteiger charge is 2.15. The van der Waals surface area contributed by atoms with Crippen molar-refractivity contribution >= 4 is 5.78 Å². The van der Waals surface area contributed by atoms with Gasteiger partial charge in [-0.2, -0.15) is 0 Å². The molecule has 1 aromatic heterocycles. The van der Waals surface area contributed by atoms with Crippen LogP contribution in [-0.2, 0) is 11.3 Å². The van der Waals surface area contributed by atoms with E-state index >= 15 is 0 Å². The summed E-state index contributed by atoms with van der Waals surface area (Å²) in [5, 5.41) is 7.62. The molecule has 0 N–H and O–H groups in total. The van der Waals surface area contributed by atoms with E-state index < -0.39 is 0 Å². The van der Waals surface area contributed by atoms with Crippen LogP contribution in [0, 0.1) is 0 Å². The minimum atomic E-state index is -0.259. The van der Waals surface area contributed by atoms with Gasteiger partial charge in [-0.1, -0.05) is 21.3 Å². The van der Waals surface area contributed by atoms with Gasteiger partial charge in [-0.25, -0.2) is 0 Å². The maximum Gasteiger partial charge on any atom is 0.238 e. The average molecular weight is 284 g/mol. The Labute approximate surface area is 122 Å². The number of ketones is 1. The first-order valence-corrected chi connectivity index (χ1v) is 6.39. The van der Waals surface area contributed by atoms with Crippen LogP contribution in [0.4, 0.5) is 0 Å². The molecule has 0 spiro atoms. The lowest BCUT2D eigenvalue weighted by Gasteiger charge is -2.20. The monoisotopic (exact) mass is 284 g/mol. The van der Waals surface area contributed by atoms with Gasteiger partial charge in [-0.05, 0) is 26.8 Å². The van der Waals surface area contributed by atoms with Crippen LogP contribution in [0.25, 0.3) is 0 Å². The lowest BCUT2D eigenvalue weighted by Crippen LogP contribution is -2.19. The standard InChI is InChI=1S/C12H18N2O3.C2H6.CH4/c1-8(15)10-6-9(7-17-12(2,3)4)11(16-5)14-13-10;1-2;/h6H,7H2,1-5H3;1-2H3;1H4. The van der Waals surface area contributed by atoms with E-state index in [4.69, 9.17) is 9.47 Å². The van der Waals surface area contributed by atoms with Gasteiger partial charge in [0.2, 0.25) is 5.88 Å². The van der Waals surface area contributed by atoms with Gasteiger partial charge < -0.3 is 9.47 Å². The number of aromatic nitrogens is 2. The largest absolute Gasteiger partial charge is 0.480 e. The smallest absolute Gasteiger partial charge is 0.238 e. The lowest BCUT2D eigenvalue weighted by molar-refractivity contribution is -0.0159. The predicted molar refractivity (Wildman–Crippen MR) is 81.2 cm³/mol. The van der Waals surface area contributed by atoms with E-state index in [0.717, 1.165) is 5.56 Å². The molecule has 0 radical (unpaired) electrons. The Hall–Kier alpha value is -1.49. The second kappa shape index (κ2) is 9.42. The van der Waals surface area contributed by atoms with Crippen molar-refractivity contribution in [1.82, 2.24) is 10.2 Å². The highest BCUT2D eigenvalue weighted by molar-refractivity contribution is 5.92. The number of Topliss-reactive ketones (excluding diaryl/α,β-unsaturated/α-hetero) is 1. The number of ether oxygens (including phenoxy) is 2. The summed E-state index contributed by atoms with van der Waals surface area (Å²) in [4.78, 5) is 11.2. The minimum Gasteiger partial charge on any atom is -0.480 e. The third-order valence-corrected chi connectivity index (χ3v) is 2.05. The molecule has 0 atom stereocenters. The Balaban J connectivity index is 0. The molecule has 0 aliphatic carbocycles. The molecule has 0 aromatic carbocycles. The van der Waals surface area contributed by atoms with Crippen molar-refractivity contribution in [3.63, 3.8) is 0 Å². The van der Waals surface area contributed by atoms with E-state index in [9.17, 15) is 4.79 Å². The third-order valence-electron chi connectivity index (χ3n) is 2.05. The fourth-order valence-corrected chi connectivity index (χ4v) is 1.16. The molecular formula is C15H28N2O3. The Morgan fingerprint density at radius 1 is 1.25 bits per heavy atom. The van der Waals surface area contributed by atoms with Gasteiger partial charge in [0.25, 0.3) is 0 Å². The maximum atomic E-state index is 11.2. The Morgan fingerprint density at radius 2 is 1.80 bits per heavy atom. The Morgan fingerprint density at radius 3 is 2.20 bits per heavy atom. The number of hydrogen-bond donors (Lipinski definition) is 0. The fraction of sp³-hybridized carbons (Fsp3) is 0.667. The molecule has 0 amide bonds. The highest BCUT2D eigenvalue weighted by Crippen LogP contribution is 2.19. The van der Waals surface area contributed by atoms with Crippen molar-refractivity contribution in [1.29, 1.82) is 0 Å². The van der Waals surface area contributed by atoms with Crippen LogP contribution in [-0.4, -0.2) is 28.7 Å². The van der Waals surface area contributed by atoms with Crippen LogP contribution in [0.3, 0.4) is 0 Å². The second-order valence-electron chi connectivity index (χ2n) is 4.72. The molecule has 0 saturated heterocycles. The molecule has 116 valence electrons. The van der Waals surface area contributed by atoms with Crippen LogP contribution >= 0.6 is 0 Å². The van der Waals surface area contributed by atoms with Crippen LogP contribution in [0.5, 0.6) is 5.88 Å². The summed E-state index contributed by atoms with van der Waals surface area (Å²) in [7, 11) is 1.51. The SMILES string of the molecule is C.CC.COc1nnc(C(C)=O)cc1COC(C)(C)C. The predicted octanol–water partition coefficient (Wildman–Crippen LogP) is 3.67. The fourth-order valence-electron chi connectivity index (χ4n) is 1.16. The molecule has 0 aliphatic heterocycles. The number of nitrogens with zero attached hydrogens (tertiary/aromatic N) is 2. The number of rotatable bonds is 4. The van der Waals surface area contributed by atoms with Gasteiger partial charge in [0.1, 0.15) is 5.69 Å². The topological polar surface area (TPSA) is 61.3 Å². The van der Waals surface area contributed by atoms with E-state index in [0.29, 0.717) is 18.2 Å². The zero-order chi connectivity index (χ0) is 15.1. The van der Waals surface area contributed by atoms with Crippen molar-refractivity contribution in [2.24, 2.45) is 0 Å². The first kappa shape index (κ1) is 20.8. The summed E-state index contributed by atoms with van der Waals surface area (Å²) in [5.41, 5.74) is 0.783. The summed E-state index contributed by atoms with van der Waals surface area (Å²) >= 11 is 0. The molecule has 5 nitrogen and oxygen atoms in total. The number of methoxy groups -OCH3 is 1. The quantitative estimate of drug-likeness (QED) is 0.789. The lowest BCUT2D eigenvalue weighted by atomic mass is 10.2. The molecule has 0 unspecified atom stereocenters. The summed E-state index contributed by atoms with van der Waals surface area (Å²) < 4.78 is 10.7. The van der Waals surface area contributed by atoms with Crippen molar-refractivity contribution < 1.29 is 14.3 Å². The summed E-state index contributed by atoms with van der Waals surface area (Å²) in [5.74, 6) is 0.261. The number of carbonyl (C=O) groups excluding carboxylic acids is 1. The first-order chi connectivity index (χ1) is 8.83. The highest BCUT2D eigenvalue weighted by atomic mass is 16.5. The molecule has 20 heavy (non-hydrogen) atoms. The second-order valence-corrected chi connectivity index (χ2v) is 4.72. The van der Waals surface area contributed by atoms with Gasteiger partial charge in [0.15, 0.2) is 5.78 Å². The molecule has 5 heteroatoms. The molecule has 0 bridgehead atoms. The van der Waals surface area contributed by atoms with Gasteiger partial charge in [0, 0.05) is 12.5 Å². The van der Waals surface area contributed by atoms with Gasteiger partial charge in [-0.3, -0.25) is 4.79 Å². The molecule has 1 rings (SSSR count). The Bertz CT molecular complexity index is 412. The van der Waals surface area contributed by atoms with Crippen LogP contribution in [0.2, 0.25) is 0 Å². The van der Waals surface area contributed by atoms with Gasteiger partial charge >= 0.3 is 0 Å². The van der Waals surface area contributed by atoms with Crippen molar-refractivity contribution in [2.75, 3.05) is 7.11 Å². The summed E-state index contributed by atoms with van der Waals surface area (Å²) in [6.45, 7) is 11.7. The van der Waals surface area contributed by atoms with Gasteiger partial charge in [-0.15, -0.1) is 10.2 Å². The first-order valence-electron chi connectivity index (χ1n) is 6.39. The van der Waals surface area contributed by atoms with Crippen LogP contribution < -0.4 is 4.74 Å². The van der Waals surface area contributed by atoms with Crippen LogP contribution in [0.15, 0.2) is 6.07 Å². The average Bonchev–Trinajstić information content (AvgIpc) is 2.37. The van der Waals surface area contributed by atoms with Crippen molar-refractivity contribution in [2.45, 2.75) is 61.2 Å². The van der Waals surface area contributed by atoms with E-state index in [-0.39, 0.29) is 18.8 Å². The number of carbonyl (C=O) groups is 1. The number of hydrogen-bond acceptors (Lipinski definition) is 5. The molecule has 0 saturated carbocycles. The zero-order valence-corrected chi connectivity index (χ0v) is 12.9. The van der Waals surface area contributed by atoms with Crippen molar-refractivity contribution in [3.05, 3.63) is 17.3 Å². The van der Waals surface area contributed by atoms with E-state index in [1.165, 1.54) is 14.0 Å². The van der Waals surface area contributed by atoms with E-state index in [2.05, 4.69) is 10.2 Å². The maximum absolute atomic E-state index is 11.2. The minimum absolute atomic E-state index is 0. The summed E-state index contributed by atoms with van der Waals surface area (Å²) in [6, 6.07) is 1.65. The molecular weight excluding hydrogens is 256 g/mol. The molecule has 0 aliphatic rings. The normalized spacial score (nSPS) is 9.95. The van der Waals surface area contributed by atoms with E-state index in [1.54, 1.807) is 6.07 Å². The molecule has 1 heterocycles. The third kappa shape index (κ3) is 7.19. The Kier molecular flexibility index (Phi) is 9.81. The van der Waals surface area contributed by atoms with E-state index in [1.807, 2.05) is 34.6 Å². The molecule has 0 fully saturated rings. The van der Waals surface area contributed by atoms with Gasteiger partial charge in [0.05, 0.1) is 19.3 Å². The zero-order valence-electron chi connectivity index (χ0n) is 12.9. The van der Waals surface area contributed by atoms with Crippen LogP contribution in [0.1, 0.15) is 65.0 Å². The summed E-state index contributed by atoms with van der Waals surface area (Å²) in [6.07, 6.45) is 0.